The molecule has 7 nitrogen and oxygen atoms in total. The summed E-state index contributed by atoms with van der Waals surface area (Å²) in [6.45, 7) is 3.25. The van der Waals surface area contributed by atoms with Gasteiger partial charge in [-0.05, 0) is 49.4 Å². The molecule has 0 aliphatic carbocycles. The maximum atomic E-state index is 12.5. The molecule has 1 aliphatic rings. The van der Waals surface area contributed by atoms with Gasteiger partial charge in [-0.3, -0.25) is 14.5 Å². The Morgan fingerprint density at radius 2 is 2.12 bits per heavy atom. The van der Waals surface area contributed by atoms with Crippen molar-refractivity contribution < 1.29 is 29.0 Å². The lowest BCUT2D eigenvalue weighted by Gasteiger charge is -2.19. The van der Waals surface area contributed by atoms with Gasteiger partial charge in [0, 0.05) is 4.47 Å². The maximum Gasteiger partial charge on any atom is 0.329 e. The molecule has 0 spiro atoms. The summed E-state index contributed by atoms with van der Waals surface area (Å²) in [4.78, 5) is 37.5. The standard InChI is InChI=1S/C16H16BrNO6S/c1-4-24-15(21)8(2)18-14(20)13(25-16(18)22)6-9-5-12(23-3)11(19)7-10(9)17/h5-8,19H,4H2,1-3H3/b13-6+/t8-/m0/s1. The molecule has 1 fully saturated rings. The van der Waals surface area contributed by atoms with E-state index in [1.807, 2.05) is 0 Å². The first-order valence-electron chi connectivity index (χ1n) is 7.30. The Morgan fingerprint density at radius 3 is 2.72 bits per heavy atom. The maximum absolute atomic E-state index is 12.5. The van der Waals surface area contributed by atoms with Crippen molar-refractivity contribution in [3.63, 3.8) is 0 Å². The molecule has 1 heterocycles. The van der Waals surface area contributed by atoms with Crippen molar-refractivity contribution in [2.75, 3.05) is 13.7 Å². The number of halogens is 1. The molecule has 9 heteroatoms. The molecule has 0 aromatic heterocycles. The van der Waals surface area contributed by atoms with Crippen LogP contribution in [0, 0.1) is 0 Å². The van der Waals surface area contributed by atoms with Crippen LogP contribution in [0.1, 0.15) is 19.4 Å². The predicted octanol–water partition coefficient (Wildman–Crippen LogP) is 3.15. The number of ether oxygens (including phenoxy) is 2. The second-order valence-electron chi connectivity index (χ2n) is 5.03. The summed E-state index contributed by atoms with van der Waals surface area (Å²) in [6, 6.07) is 1.95. The monoisotopic (exact) mass is 429 g/mol. The molecule has 2 amide bonds. The highest BCUT2D eigenvalue weighted by Crippen LogP contribution is 2.38. The van der Waals surface area contributed by atoms with Crippen molar-refractivity contribution in [1.29, 1.82) is 0 Å². The van der Waals surface area contributed by atoms with Gasteiger partial charge >= 0.3 is 5.97 Å². The van der Waals surface area contributed by atoms with Crippen LogP contribution in [0.25, 0.3) is 6.08 Å². The van der Waals surface area contributed by atoms with Crippen LogP contribution in [0.2, 0.25) is 0 Å². The molecule has 134 valence electrons. The molecule has 1 aliphatic heterocycles. The Kier molecular flexibility index (Phi) is 6.12. The smallest absolute Gasteiger partial charge is 0.329 e. The van der Waals surface area contributed by atoms with Crippen LogP contribution in [0.5, 0.6) is 11.5 Å². The lowest BCUT2D eigenvalue weighted by molar-refractivity contribution is -0.150. The van der Waals surface area contributed by atoms with E-state index in [4.69, 9.17) is 9.47 Å². The van der Waals surface area contributed by atoms with Crippen molar-refractivity contribution in [2.45, 2.75) is 19.9 Å². The summed E-state index contributed by atoms with van der Waals surface area (Å²) in [6.07, 6.45) is 1.49. The number of phenolic OH excluding ortho intramolecular Hbond substituents is 1. The number of carbonyl (C=O) groups excluding carboxylic acids is 3. The van der Waals surface area contributed by atoms with Crippen molar-refractivity contribution in [1.82, 2.24) is 4.90 Å². The average Bonchev–Trinajstić information content (AvgIpc) is 2.83. The first kappa shape index (κ1) is 19.3. The highest BCUT2D eigenvalue weighted by molar-refractivity contribution is 9.10. The number of esters is 1. The summed E-state index contributed by atoms with van der Waals surface area (Å²) < 4.78 is 10.4. The van der Waals surface area contributed by atoms with Crippen LogP contribution in [-0.2, 0) is 14.3 Å². The van der Waals surface area contributed by atoms with Gasteiger partial charge in [-0.15, -0.1) is 0 Å². The van der Waals surface area contributed by atoms with Gasteiger partial charge in [0.25, 0.3) is 11.1 Å². The van der Waals surface area contributed by atoms with E-state index in [9.17, 15) is 19.5 Å². The predicted molar refractivity (Wildman–Crippen MR) is 96.3 cm³/mol. The van der Waals surface area contributed by atoms with Gasteiger partial charge < -0.3 is 14.6 Å². The second-order valence-corrected chi connectivity index (χ2v) is 6.87. The van der Waals surface area contributed by atoms with Crippen molar-refractivity contribution in [3.8, 4) is 11.5 Å². The van der Waals surface area contributed by atoms with Crippen molar-refractivity contribution in [2.24, 2.45) is 0 Å². The normalized spacial score (nSPS) is 17.1. The molecule has 0 unspecified atom stereocenters. The fraction of sp³-hybridized carbons (Fsp3) is 0.312. The van der Waals surface area contributed by atoms with Crippen LogP contribution >= 0.6 is 27.7 Å². The van der Waals surface area contributed by atoms with Crippen LogP contribution in [0.4, 0.5) is 4.79 Å². The molecular formula is C16H16BrNO6S. The van der Waals surface area contributed by atoms with Gasteiger partial charge in [0.1, 0.15) is 6.04 Å². The number of thioether (sulfide) groups is 1. The number of methoxy groups -OCH3 is 1. The van der Waals surface area contributed by atoms with Gasteiger partial charge in [0.15, 0.2) is 11.5 Å². The summed E-state index contributed by atoms with van der Waals surface area (Å²) in [5, 5.41) is 9.19. The number of amides is 2. The fourth-order valence-electron chi connectivity index (χ4n) is 2.16. The average molecular weight is 430 g/mol. The Labute approximate surface area is 157 Å². The van der Waals surface area contributed by atoms with Crippen LogP contribution in [0.15, 0.2) is 21.5 Å². The van der Waals surface area contributed by atoms with Crippen molar-refractivity contribution in [3.05, 3.63) is 27.1 Å². The van der Waals surface area contributed by atoms with Gasteiger partial charge in [-0.2, -0.15) is 0 Å². The van der Waals surface area contributed by atoms with Crippen LogP contribution in [0.3, 0.4) is 0 Å². The second kappa shape index (κ2) is 7.92. The highest BCUT2D eigenvalue weighted by Gasteiger charge is 2.41. The molecule has 2 rings (SSSR count). The molecule has 1 N–H and O–H groups in total. The number of benzene rings is 1. The van der Waals surface area contributed by atoms with E-state index in [0.717, 1.165) is 16.7 Å². The number of carbonyl (C=O) groups is 3. The molecule has 0 bridgehead atoms. The SMILES string of the molecule is CCOC(=O)[C@H](C)N1C(=O)S/C(=C/c2cc(OC)c(O)cc2Br)C1=O. The minimum Gasteiger partial charge on any atom is -0.504 e. The van der Waals surface area contributed by atoms with E-state index < -0.39 is 23.2 Å². The Bertz CT molecular complexity index is 763. The quantitative estimate of drug-likeness (QED) is 0.567. The molecule has 1 saturated heterocycles. The fourth-order valence-corrected chi connectivity index (χ4v) is 3.50. The first-order chi connectivity index (χ1) is 11.8. The van der Waals surface area contributed by atoms with Gasteiger partial charge in [0.2, 0.25) is 0 Å². The third-order valence-electron chi connectivity index (χ3n) is 3.42. The third-order valence-corrected chi connectivity index (χ3v) is 4.99. The molecular weight excluding hydrogens is 414 g/mol. The number of hydrogen-bond donors (Lipinski definition) is 1. The summed E-state index contributed by atoms with van der Waals surface area (Å²) >= 11 is 4.02. The Balaban J connectivity index is 2.33. The molecule has 1 aromatic rings. The van der Waals surface area contributed by atoms with Gasteiger partial charge in [-0.1, -0.05) is 15.9 Å². The van der Waals surface area contributed by atoms with E-state index in [2.05, 4.69) is 15.9 Å². The topological polar surface area (TPSA) is 93.1 Å². The zero-order valence-electron chi connectivity index (χ0n) is 13.7. The Morgan fingerprint density at radius 1 is 1.44 bits per heavy atom. The van der Waals surface area contributed by atoms with E-state index >= 15 is 0 Å². The number of phenols is 1. The minimum absolute atomic E-state index is 0.0597. The molecule has 25 heavy (non-hydrogen) atoms. The lowest BCUT2D eigenvalue weighted by Crippen LogP contribution is -2.42. The summed E-state index contributed by atoms with van der Waals surface area (Å²) in [5.41, 5.74) is 0.545. The van der Waals surface area contributed by atoms with E-state index in [1.54, 1.807) is 6.92 Å². The Hall–Kier alpha value is -2.00. The number of aromatic hydroxyl groups is 1. The van der Waals surface area contributed by atoms with Crippen LogP contribution in [-0.4, -0.2) is 46.9 Å². The number of nitrogens with zero attached hydrogens (tertiary/aromatic N) is 1. The van der Waals surface area contributed by atoms with E-state index in [-0.39, 0.29) is 23.0 Å². The summed E-state index contributed by atoms with van der Waals surface area (Å²) in [7, 11) is 1.40. The number of hydrogen-bond acceptors (Lipinski definition) is 7. The molecule has 0 saturated carbocycles. The zero-order chi connectivity index (χ0) is 18.7. The zero-order valence-corrected chi connectivity index (χ0v) is 16.1. The minimum atomic E-state index is -1.00. The largest absolute Gasteiger partial charge is 0.504 e. The number of imide groups is 1. The van der Waals surface area contributed by atoms with E-state index in [1.165, 1.54) is 32.2 Å². The lowest BCUT2D eigenvalue weighted by atomic mass is 10.1. The first-order valence-corrected chi connectivity index (χ1v) is 8.91. The molecule has 1 aromatic carbocycles. The molecule has 1 atom stereocenters. The van der Waals surface area contributed by atoms with Crippen molar-refractivity contribution >= 4 is 50.9 Å². The highest BCUT2D eigenvalue weighted by atomic mass is 79.9. The van der Waals surface area contributed by atoms with Crippen LogP contribution < -0.4 is 4.74 Å². The third kappa shape index (κ3) is 3.98. The van der Waals surface area contributed by atoms with Gasteiger partial charge in [0.05, 0.1) is 18.6 Å². The summed E-state index contributed by atoms with van der Waals surface area (Å²) in [5.74, 6) is -1.04. The van der Waals surface area contributed by atoms with E-state index in [0.29, 0.717) is 10.0 Å². The van der Waals surface area contributed by atoms with Gasteiger partial charge in [-0.25, -0.2) is 4.79 Å². The molecule has 0 radical (unpaired) electrons. The number of rotatable bonds is 5.